The standard InChI is InChI=1S/C15H20N4O3S/c1-11-4-5-14(16-8-11)22-13-6-7-19(9-13)23(20,21)15-10-18(3)12(2)17-15/h4-5,8,10,13H,6-7,9H2,1-3H3. The molecule has 0 aromatic carbocycles. The number of aryl methyl sites for hydroxylation is 3. The second-order valence-electron chi connectivity index (χ2n) is 5.80. The SMILES string of the molecule is Cc1ccc(OC2CCN(S(=O)(=O)c3cn(C)c(C)n3)C2)nc1. The normalized spacial score (nSPS) is 19.2. The Labute approximate surface area is 136 Å². The Morgan fingerprint density at radius 1 is 1.30 bits per heavy atom. The number of sulfonamides is 1. The van der Waals surface area contributed by atoms with Crippen LogP contribution in [0.2, 0.25) is 0 Å². The summed E-state index contributed by atoms with van der Waals surface area (Å²) < 4.78 is 34.1. The third-order valence-corrected chi connectivity index (χ3v) is 5.71. The summed E-state index contributed by atoms with van der Waals surface area (Å²) in [6.07, 6.45) is 3.72. The summed E-state index contributed by atoms with van der Waals surface area (Å²) in [5.74, 6) is 1.19. The fraction of sp³-hybridized carbons (Fsp3) is 0.467. The molecule has 1 aliphatic rings. The molecule has 1 unspecified atom stereocenters. The van der Waals surface area contributed by atoms with Gasteiger partial charge in [0.15, 0.2) is 5.03 Å². The maximum absolute atomic E-state index is 12.6. The van der Waals surface area contributed by atoms with E-state index in [1.165, 1.54) is 4.31 Å². The molecule has 7 nitrogen and oxygen atoms in total. The molecular weight excluding hydrogens is 316 g/mol. The lowest BCUT2D eigenvalue weighted by Crippen LogP contribution is -2.31. The first kappa shape index (κ1) is 15.9. The van der Waals surface area contributed by atoms with Gasteiger partial charge in [-0.2, -0.15) is 4.31 Å². The van der Waals surface area contributed by atoms with E-state index in [0.29, 0.717) is 31.2 Å². The van der Waals surface area contributed by atoms with Gasteiger partial charge in [0.25, 0.3) is 10.0 Å². The predicted octanol–water partition coefficient (Wildman–Crippen LogP) is 1.27. The van der Waals surface area contributed by atoms with Crippen LogP contribution >= 0.6 is 0 Å². The van der Waals surface area contributed by atoms with Crippen LogP contribution in [-0.4, -0.2) is 46.5 Å². The highest BCUT2D eigenvalue weighted by Gasteiger charge is 2.35. The first-order valence-corrected chi connectivity index (χ1v) is 8.89. The van der Waals surface area contributed by atoms with E-state index in [2.05, 4.69) is 9.97 Å². The van der Waals surface area contributed by atoms with Gasteiger partial charge in [-0.15, -0.1) is 0 Å². The number of rotatable bonds is 4. The highest BCUT2D eigenvalue weighted by atomic mass is 32.2. The summed E-state index contributed by atoms with van der Waals surface area (Å²) >= 11 is 0. The third-order valence-electron chi connectivity index (χ3n) is 3.97. The van der Waals surface area contributed by atoms with E-state index in [1.54, 1.807) is 37.0 Å². The summed E-state index contributed by atoms with van der Waals surface area (Å²) in [5.41, 5.74) is 1.05. The molecule has 0 bridgehead atoms. The molecule has 3 rings (SSSR count). The smallest absolute Gasteiger partial charge is 0.262 e. The van der Waals surface area contributed by atoms with Gasteiger partial charge in [-0.3, -0.25) is 0 Å². The van der Waals surface area contributed by atoms with Crippen molar-refractivity contribution in [1.82, 2.24) is 18.8 Å². The summed E-state index contributed by atoms with van der Waals surface area (Å²) in [6, 6.07) is 3.72. The monoisotopic (exact) mass is 336 g/mol. The maximum Gasteiger partial charge on any atom is 0.262 e. The van der Waals surface area contributed by atoms with E-state index in [1.807, 2.05) is 13.0 Å². The largest absolute Gasteiger partial charge is 0.473 e. The number of hydrogen-bond acceptors (Lipinski definition) is 5. The predicted molar refractivity (Wildman–Crippen MR) is 84.7 cm³/mol. The molecule has 1 fully saturated rings. The van der Waals surface area contributed by atoms with Crippen molar-refractivity contribution in [3.05, 3.63) is 35.9 Å². The average molecular weight is 336 g/mol. The number of imidazole rings is 1. The van der Waals surface area contributed by atoms with Gasteiger partial charge in [-0.25, -0.2) is 18.4 Å². The zero-order chi connectivity index (χ0) is 16.6. The zero-order valence-corrected chi connectivity index (χ0v) is 14.2. The van der Waals surface area contributed by atoms with Crippen molar-refractivity contribution in [3.63, 3.8) is 0 Å². The number of hydrogen-bond donors (Lipinski definition) is 0. The van der Waals surface area contributed by atoms with Crippen molar-refractivity contribution in [1.29, 1.82) is 0 Å². The van der Waals surface area contributed by atoms with Crippen LogP contribution in [0, 0.1) is 13.8 Å². The average Bonchev–Trinajstić information content (AvgIpc) is 3.10. The molecule has 2 aromatic rings. The summed E-state index contributed by atoms with van der Waals surface area (Å²) in [6.45, 7) is 4.47. The van der Waals surface area contributed by atoms with Gasteiger partial charge in [0, 0.05) is 32.1 Å². The number of pyridine rings is 1. The molecule has 3 heterocycles. The van der Waals surface area contributed by atoms with Gasteiger partial charge >= 0.3 is 0 Å². The minimum Gasteiger partial charge on any atom is -0.473 e. The van der Waals surface area contributed by atoms with E-state index >= 15 is 0 Å². The van der Waals surface area contributed by atoms with Gasteiger partial charge in [0.1, 0.15) is 11.9 Å². The van der Waals surface area contributed by atoms with Gasteiger partial charge in [0.2, 0.25) is 5.88 Å². The zero-order valence-electron chi connectivity index (χ0n) is 13.4. The molecule has 0 radical (unpaired) electrons. The Kier molecular flexibility index (Phi) is 4.11. The van der Waals surface area contributed by atoms with Gasteiger partial charge in [0.05, 0.1) is 6.54 Å². The molecule has 2 aromatic heterocycles. The molecule has 1 atom stereocenters. The molecule has 1 saturated heterocycles. The lowest BCUT2D eigenvalue weighted by molar-refractivity contribution is 0.207. The van der Waals surface area contributed by atoms with Gasteiger partial charge in [-0.1, -0.05) is 6.07 Å². The molecule has 8 heteroatoms. The quantitative estimate of drug-likeness (QED) is 0.840. The van der Waals surface area contributed by atoms with Crippen molar-refractivity contribution in [3.8, 4) is 5.88 Å². The van der Waals surface area contributed by atoms with Crippen molar-refractivity contribution >= 4 is 10.0 Å². The van der Waals surface area contributed by atoms with Crippen LogP contribution in [0.4, 0.5) is 0 Å². The molecule has 124 valence electrons. The van der Waals surface area contributed by atoms with Gasteiger partial charge in [-0.05, 0) is 25.8 Å². The summed E-state index contributed by atoms with van der Waals surface area (Å²) in [4.78, 5) is 8.32. The molecule has 0 aliphatic carbocycles. The Bertz CT molecular complexity index is 779. The first-order valence-electron chi connectivity index (χ1n) is 7.45. The molecule has 0 spiro atoms. The number of ether oxygens (including phenoxy) is 1. The summed E-state index contributed by atoms with van der Waals surface area (Å²) in [5, 5.41) is 0.0895. The molecular formula is C15H20N4O3S. The first-order chi connectivity index (χ1) is 10.9. The lowest BCUT2D eigenvalue weighted by atomic mass is 10.3. The lowest BCUT2D eigenvalue weighted by Gasteiger charge is -2.15. The van der Waals surface area contributed by atoms with Crippen LogP contribution in [0.5, 0.6) is 5.88 Å². The van der Waals surface area contributed by atoms with E-state index in [4.69, 9.17) is 4.74 Å². The second-order valence-corrected chi connectivity index (χ2v) is 7.69. The maximum atomic E-state index is 12.6. The highest BCUT2D eigenvalue weighted by molar-refractivity contribution is 7.89. The van der Waals surface area contributed by atoms with Crippen LogP contribution < -0.4 is 4.74 Å². The Morgan fingerprint density at radius 2 is 2.09 bits per heavy atom. The topological polar surface area (TPSA) is 77.3 Å². The van der Waals surface area contributed by atoms with E-state index in [-0.39, 0.29) is 11.1 Å². The minimum absolute atomic E-state index is 0.0895. The number of nitrogens with zero attached hydrogens (tertiary/aromatic N) is 4. The van der Waals surface area contributed by atoms with Crippen LogP contribution in [0.1, 0.15) is 17.8 Å². The highest BCUT2D eigenvalue weighted by Crippen LogP contribution is 2.23. The molecule has 0 saturated carbocycles. The fourth-order valence-electron chi connectivity index (χ4n) is 2.49. The minimum atomic E-state index is -3.57. The van der Waals surface area contributed by atoms with E-state index < -0.39 is 10.0 Å². The summed E-state index contributed by atoms with van der Waals surface area (Å²) in [7, 11) is -1.79. The molecule has 0 amide bonds. The third kappa shape index (κ3) is 3.23. The van der Waals surface area contributed by atoms with Crippen molar-refractivity contribution < 1.29 is 13.2 Å². The van der Waals surface area contributed by atoms with E-state index in [9.17, 15) is 8.42 Å². The molecule has 23 heavy (non-hydrogen) atoms. The number of aromatic nitrogens is 3. The Hall–Kier alpha value is -1.93. The van der Waals surface area contributed by atoms with Crippen molar-refractivity contribution in [2.24, 2.45) is 7.05 Å². The second kappa shape index (κ2) is 5.93. The van der Waals surface area contributed by atoms with Crippen molar-refractivity contribution in [2.75, 3.05) is 13.1 Å². The fourth-order valence-corrected chi connectivity index (χ4v) is 4.00. The molecule has 1 aliphatic heterocycles. The van der Waals surface area contributed by atoms with Crippen molar-refractivity contribution in [2.45, 2.75) is 31.4 Å². The van der Waals surface area contributed by atoms with Crippen LogP contribution in [-0.2, 0) is 17.1 Å². The van der Waals surface area contributed by atoms with Crippen LogP contribution in [0.3, 0.4) is 0 Å². The van der Waals surface area contributed by atoms with Gasteiger partial charge < -0.3 is 9.30 Å². The Balaban J connectivity index is 1.70. The Morgan fingerprint density at radius 3 is 2.70 bits per heavy atom. The van der Waals surface area contributed by atoms with Crippen LogP contribution in [0.15, 0.2) is 29.6 Å². The molecule has 0 N–H and O–H groups in total. The van der Waals surface area contributed by atoms with E-state index in [0.717, 1.165) is 5.56 Å². The van der Waals surface area contributed by atoms with Crippen LogP contribution in [0.25, 0.3) is 0 Å².